The molecule has 0 N–H and O–H groups in total. The van der Waals surface area contributed by atoms with E-state index in [0.29, 0.717) is 6.54 Å². The summed E-state index contributed by atoms with van der Waals surface area (Å²) < 4.78 is 0. The molecule has 0 unspecified atom stereocenters. The van der Waals surface area contributed by atoms with Crippen LogP contribution in [0.5, 0.6) is 0 Å². The molecule has 0 fully saturated rings. The average Bonchev–Trinajstić information content (AvgIpc) is 2.59. The summed E-state index contributed by atoms with van der Waals surface area (Å²) in [6, 6.07) is 3.93. The molecule has 19 heavy (non-hydrogen) atoms. The van der Waals surface area contributed by atoms with Crippen molar-refractivity contribution in [3.63, 3.8) is 0 Å². The molecule has 2 nitrogen and oxygen atoms in total. The van der Waals surface area contributed by atoms with E-state index in [1.165, 1.54) is 5.57 Å². The minimum Gasteiger partial charge on any atom is -0.261 e. The maximum atomic E-state index is 4.60. The molecule has 0 saturated carbocycles. The third-order valence-corrected chi connectivity index (χ3v) is 3.77. The van der Waals surface area contributed by atoms with Crippen LogP contribution in [-0.4, -0.2) is 11.5 Å². The Labute approximate surface area is 116 Å². The minimum absolute atomic E-state index is 0.621. The maximum Gasteiger partial charge on any atom is 0.154 e. The van der Waals surface area contributed by atoms with Gasteiger partial charge in [0.2, 0.25) is 0 Å². The second kappa shape index (κ2) is 5.27. The lowest BCUT2D eigenvalue weighted by atomic mass is 10.2. The van der Waals surface area contributed by atoms with Gasteiger partial charge in [0.15, 0.2) is 5.49 Å². The molecule has 0 atom stereocenters. The van der Waals surface area contributed by atoms with Gasteiger partial charge in [-0.1, -0.05) is 30.5 Å². The second-order valence-electron chi connectivity index (χ2n) is 4.17. The molecule has 1 aromatic rings. The third kappa shape index (κ3) is 2.68. The van der Waals surface area contributed by atoms with Crippen LogP contribution in [0.15, 0.2) is 75.3 Å². The van der Waals surface area contributed by atoms with E-state index in [-0.39, 0.29) is 0 Å². The number of nitrogens with zero attached hydrogens (tertiary/aromatic N) is 2. The predicted molar refractivity (Wildman–Crippen MR) is 79.9 cm³/mol. The summed E-state index contributed by atoms with van der Waals surface area (Å²) in [4.78, 5) is 11.0. The molecule has 0 saturated heterocycles. The van der Waals surface area contributed by atoms with Gasteiger partial charge in [0, 0.05) is 21.2 Å². The van der Waals surface area contributed by atoms with E-state index in [1.807, 2.05) is 36.4 Å². The van der Waals surface area contributed by atoms with Crippen molar-refractivity contribution >= 4 is 17.8 Å². The van der Waals surface area contributed by atoms with E-state index < -0.39 is 0 Å². The summed E-state index contributed by atoms with van der Waals surface area (Å²) in [6.45, 7) is 4.72. The minimum atomic E-state index is 0.621. The first kappa shape index (κ1) is 12.0. The maximum absolute atomic E-state index is 4.60. The molecule has 92 valence electrons. The number of pyridine rings is 1. The number of rotatable bonds is 0. The lowest BCUT2D eigenvalue weighted by molar-refractivity contribution is 1.02. The zero-order valence-electron chi connectivity index (χ0n) is 10.3. The third-order valence-electron chi connectivity index (χ3n) is 2.79. The first-order valence-corrected chi connectivity index (χ1v) is 6.81. The fraction of sp³-hybridized carbons (Fsp3) is 0.0625. The molecule has 0 amide bonds. The molecule has 2 heterocycles. The van der Waals surface area contributed by atoms with Crippen LogP contribution >= 0.6 is 11.8 Å². The van der Waals surface area contributed by atoms with Gasteiger partial charge < -0.3 is 0 Å². The van der Waals surface area contributed by atoms with Crippen molar-refractivity contribution in [1.29, 1.82) is 0 Å². The Morgan fingerprint density at radius 2 is 2.32 bits per heavy atom. The Morgan fingerprint density at radius 1 is 1.37 bits per heavy atom. The molecule has 3 heteroatoms. The summed E-state index contributed by atoms with van der Waals surface area (Å²) in [5.41, 5.74) is 5.07. The molecular formula is C16H12N2S. The van der Waals surface area contributed by atoms with Crippen LogP contribution in [0.1, 0.15) is 0 Å². The monoisotopic (exact) mass is 264 g/mol. The van der Waals surface area contributed by atoms with Gasteiger partial charge in [-0.15, -0.1) is 5.73 Å². The largest absolute Gasteiger partial charge is 0.261 e. The van der Waals surface area contributed by atoms with Crippen molar-refractivity contribution in [3.8, 4) is 0 Å². The Morgan fingerprint density at radius 3 is 3.26 bits per heavy atom. The van der Waals surface area contributed by atoms with Gasteiger partial charge in [0.25, 0.3) is 0 Å². The lowest BCUT2D eigenvalue weighted by Crippen LogP contribution is -2.28. The smallest absolute Gasteiger partial charge is 0.154 e. The van der Waals surface area contributed by atoms with E-state index in [2.05, 4.69) is 28.4 Å². The quantitative estimate of drug-likeness (QED) is 0.672. The van der Waals surface area contributed by atoms with Crippen molar-refractivity contribution in [2.24, 2.45) is 4.99 Å². The molecule has 1 aliphatic carbocycles. The highest BCUT2D eigenvalue weighted by Crippen LogP contribution is 2.30. The van der Waals surface area contributed by atoms with Crippen LogP contribution in [0.4, 0.5) is 0 Å². The fourth-order valence-electron chi connectivity index (χ4n) is 1.90. The number of hydrogen-bond acceptors (Lipinski definition) is 3. The summed E-state index contributed by atoms with van der Waals surface area (Å²) in [6.07, 6.45) is 11.7. The van der Waals surface area contributed by atoms with Gasteiger partial charge >= 0.3 is 0 Å². The molecule has 3 rings (SSSR count). The Kier molecular flexibility index (Phi) is 3.32. The van der Waals surface area contributed by atoms with E-state index in [1.54, 1.807) is 18.0 Å². The molecule has 0 bridgehead atoms. The Hall–Kier alpha value is -2.09. The summed E-state index contributed by atoms with van der Waals surface area (Å²) >= 11 is 1.65. The topological polar surface area (TPSA) is 25.2 Å². The zero-order valence-corrected chi connectivity index (χ0v) is 11.2. The molecule has 0 spiro atoms. The van der Waals surface area contributed by atoms with E-state index in [4.69, 9.17) is 0 Å². The van der Waals surface area contributed by atoms with Crippen LogP contribution in [-0.2, 0) is 0 Å². The molecule has 0 radical (unpaired) electrons. The van der Waals surface area contributed by atoms with Gasteiger partial charge in [-0.3, -0.25) is 4.99 Å². The highest BCUT2D eigenvalue weighted by Gasteiger charge is 2.07. The number of thioether (sulfide) groups is 1. The van der Waals surface area contributed by atoms with Crippen LogP contribution in [0.25, 0.3) is 6.08 Å². The predicted octanol–water partition coefficient (Wildman–Crippen LogP) is 2.28. The van der Waals surface area contributed by atoms with E-state index >= 15 is 0 Å². The number of fused-ring (bicyclic) bond motifs is 1. The summed E-state index contributed by atoms with van der Waals surface area (Å²) in [5, 5.41) is 1.01. The second-order valence-corrected chi connectivity index (χ2v) is 5.34. The van der Waals surface area contributed by atoms with Gasteiger partial charge in [-0.2, -0.15) is 0 Å². The van der Waals surface area contributed by atoms with Crippen molar-refractivity contribution in [1.82, 2.24) is 4.98 Å². The number of aromatic nitrogens is 1. The fourth-order valence-corrected chi connectivity index (χ4v) is 2.76. The van der Waals surface area contributed by atoms with Crippen molar-refractivity contribution < 1.29 is 0 Å². The Balaban J connectivity index is 2.18. The van der Waals surface area contributed by atoms with Crippen LogP contribution in [0.2, 0.25) is 0 Å². The summed E-state index contributed by atoms with van der Waals surface area (Å²) in [5.74, 6) is 0. The van der Waals surface area contributed by atoms with Crippen molar-refractivity contribution in [2.45, 2.75) is 0 Å². The van der Waals surface area contributed by atoms with Crippen molar-refractivity contribution in [3.05, 3.63) is 81.0 Å². The van der Waals surface area contributed by atoms with Gasteiger partial charge in [-0.25, -0.2) is 4.98 Å². The first-order chi connectivity index (χ1) is 9.33. The Bertz CT molecular complexity index is 775. The standard InChI is InChI=1S/C16H12N2S/c1-12-10-13-7-5-9-17-16(13)18-11-14-6-3-2-4-8-15(14)19-12/h2-3,5-10H,1,11H2/b13-10-,18-16?. The SMILES string of the molecule is C=C1/C=c2/cccnc2=NCC2=C(C=C=CC=C2)S1. The van der Waals surface area contributed by atoms with Gasteiger partial charge in [0.05, 0.1) is 6.54 Å². The van der Waals surface area contributed by atoms with Crippen LogP contribution in [0.3, 0.4) is 0 Å². The molecular weight excluding hydrogens is 252 g/mol. The van der Waals surface area contributed by atoms with Crippen LogP contribution in [0, 0.1) is 0 Å². The molecule has 0 aromatic carbocycles. The highest BCUT2D eigenvalue weighted by molar-refractivity contribution is 8.07. The first-order valence-electron chi connectivity index (χ1n) is 5.99. The van der Waals surface area contributed by atoms with Gasteiger partial charge in [0.1, 0.15) is 0 Å². The molecule has 2 aliphatic rings. The van der Waals surface area contributed by atoms with E-state index in [0.717, 1.165) is 20.5 Å². The normalized spacial score (nSPS) is 19.2. The van der Waals surface area contributed by atoms with E-state index in [9.17, 15) is 0 Å². The lowest BCUT2D eigenvalue weighted by Gasteiger charge is -2.04. The highest BCUT2D eigenvalue weighted by atomic mass is 32.2. The zero-order chi connectivity index (χ0) is 13.1. The number of allylic oxidation sites excluding steroid dienone is 3. The molecule has 1 aromatic heterocycles. The molecule has 1 aliphatic heterocycles. The average molecular weight is 264 g/mol. The number of hydrogen-bond donors (Lipinski definition) is 0. The summed E-state index contributed by atoms with van der Waals surface area (Å²) in [7, 11) is 0. The van der Waals surface area contributed by atoms with Crippen LogP contribution < -0.4 is 10.7 Å². The van der Waals surface area contributed by atoms with Crippen molar-refractivity contribution in [2.75, 3.05) is 6.54 Å². The van der Waals surface area contributed by atoms with Gasteiger partial charge in [-0.05, 0) is 35.9 Å².